The Balaban J connectivity index is 0.00000225. The Kier molecular flexibility index (Phi) is 7.68. The van der Waals surface area contributed by atoms with Gasteiger partial charge >= 0.3 is 0 Å². The molecule has 1 aromatic rings. The minimum Gasteiger partial charge on any atom is -0.330 e. The molecule has 4 N–H and O–H groups in total. The van der Waals surface area contributed by atoms with E-state index in [0.29, 0.717) is 23.6 Å². The van der Waals surface area contributed by atoms with Crippen LogP contribution in [0.1, 0.15) is 30.9 Å². The number of nitrogens with two attached hydrogens (primary N) is 2. The topological polar surface area (TPSA) is 52.0 Å². The molecule has 0 aromatic heterocycles. The molecule has 0 unspecified atom stereocenters. The molecule has 0 amide bonds. The molecule has 0 aliphatic carbocycles. The average Bonchev–Trinajstić information content (AvgIpc) is 2.18. The predicted octanol–water partition coefficient (Wildman–Crippen LogP) is 3.03. The lowest BCUT2D eigenvalue weighted by molar-refractivity contribution is 0.543. The van der Waals surface area contributed by atoms with E-state index < -0.39 is 0 Å². The molecule has 0 radical (unpaired) electrons. The normalized spacial score (nSPS) is 12.0. The number of unbranched alkanes of at least 4 members (excludes halogenated alkanes) is 1. The van der Waals surface area contributed by atoms with Crippen molar-refractivity contribution in [3.63, 3.8) is 0 Å². The molecule has 16 heavy (non-hydrogen) atoms. The Morgan fingerprint density at radius 3 is 2.56 bits per heavy atom. The number of hydrogen-bond donors (Lipinski definition) is 2. The highest BCUT2D eigenvalue weighted by molar-refractivity contribution is 6.31. The van der Waals surface area contributed by atoms with E-state index in [2.05, 4.69) is 0 Å². The fourth-order valence-electron chi connectivity index (χ4n) is 1.52. The average molecular weight is 267 g/mol. The van der Waals surface area contributed by atoms with Crippen molar-refractivity contribution in [2.45, 2.75) is 25.3 Å². The van der Waals surface area contributed by atoms with Crippen LogP contribution in [-0.4, -0.2) is 6.54 Å². The van der Waals surface area contributed by atoms with Crippen LogP contribution < -0.4 is 11.5 Å². The zero-order valence-electron chi connectivity index (χ0n) is 8.96. The van der Waals surface area contributed by atoms with Crippen molar-refractivity contribution in [1.82, 2.24) is 0 Å². The third-order valence-corrected chi connectivity index (χ3v) is 2.67. The highest BCUT2D eigenvalue weighted by Gasteiger charge is 2.14. The van der Waals surface area contributed by atoms with Crippen molar-refractivity contribution >= 4 is 24.0 Å². The van der Waals surface area contributed by atoms with Crippen molar-refractivity contribution in [2.75, 3.05) is 6.54 Å². The lowest BCUT2D eigenvalue weighted by Gasteiger charge is -2.14. The molecule has 1 rings (SSSR count). The summed E-state index contributed by atoms with van der Waals surface area (Å²) in [5.41, 5.74) is 11.7. The maximum atomic E-state index is 13.4. The Morgan fingerprint density at radius 1 is 1.31 bits per heavy atom. The van der Waals surface area contributed by atoms with Crippen LogP contribution in [0.5, 0.6) is 0 Å². The largest absolute Gasteiger partial charge is 0.330 e. The van der Waals surface area contributed by atoms with Crippen molar-refractivity contribution in [3.05, 3.63) is 34.6 Å². The summed E-state index contributed by atoms with van der Waals surface area (Å²) in [6.07, 6.45) is 2.50. The summed E-state index contributed by atoms with van der Waals surface area (Å²) in [5, 5.41) is 0.398. The summed E-state index contributed by atoms with van der Waals surface area (Å²) >= 11 is 5.89. The van der Waals surface area contributed by atoms with E-state index in [1.807, 2.05) is 0 Å². The molecular weight excluding hydrogens is 250 g/mol. The molecule has 0 spiro atoms. The van der Waals surface area contributed by atoms with E-state index in [-0.39, 0.29) is 24.3 Å². The Labute approximate surface area is 107 Å². The quantitative estimate of drug-likeness (QED) is 0.806. The maximum Gasteiger partial charge on any atom is 0.129 e. The predicted molar refractivity (Wildman–Crippen MR) is 68.5 cm³/mol. The second kappa shape index (κ2) is 7.85. The maximum absolute atomic E-state index is 13.4. The summed E-state index contributed by atoms with van der Waals surface area (Å²) < 4.78 is 13.4. The fourth-order valence-corrected chi connectivity index (χ4v) is 1.82. The molecule has 0 aliphatic rings. The van der Waals surface area contributed by atoms with Crippen LogP contribution in [0.25, 0.3) is 0 Å². The van der Waals surface area contributed by atoms with Crippen molar-refractivity contribution < 1.29 is 4.39 Å². The molecule has 0 aliphatic heterocycles. The van der Waals surface area contributed by atoms with Crippen molar-refractivity contribution in [2.24, 2.45) is 11.5 Å². The van der Waals surface area contributed by atoms with Gasteiger partial charge in [-0.3, -0.25) is 0 Å². The van der Waals surface area contributed by atoms with E-state index in [0.717, 1.165) is 12.8 Å². The molecule has 0 saturated carbocycles. The number of hydrogen-bond acceptors (Lipinski definition) is 2. The SMILES string of the molecule is Cl.NCCCC[C@H](N)c1c(F)cccc1Cl. The molecule has 2 nitrogen and oxygen atoms in total. The minimum atomic E-state index is -0.342. The third kappa shape index (κ3) is 4.26. The van der Waals surface area contributed by atoms with Gasteiger partial charge in [-0.2, -0.15) is 0 Å². The highest BCUT2D eigenvalue weighted by Crippen LogP contribution is 2.27. The van der Waals surface area contributed by atoms with Crippen LogP contribution in [0.15, 0.2) is 18.2 Å². The van der Waals surface area contributed by atoms with Gasteiger partial charge < -0.3 is 11.5 Å². The second-order valence-corrected chi connectivity index (χ2v) is 3.93. The van der Waals surface area contributed by atoms with Crippen LogP contribution in [-0.2, 0) is 0 Å². The fraction of sp³-hybridized carbons (Fsp3) is 0.455. The highest BCUT2D eigenvalue weighted by atomic mass is 35.5. The molecule has 92 valence electrons. The van der Waals surface area contributed by atoms with E-state index in [1.165, 1.54) is 6.07 Å². The zero-order chi connectivity index (χ0) is 11.3. The third-order valence-electron chi connectivity index (χ3n) is 2.34. The first-order valence-corrected chi connectivity index (χ1v) is 5.44. The first-order chi connectivity index (χ1) is 7.16. The van der Waals surface area contributed by atoms with Crippen LogP contribution >= 0.6 is 24.0 Å². The van der Waals surface area contributed by atoms with E-state index in [4.69, 9.17) is 23.1 Å². The van der Waals surface area contributed by atoms with Gasteiger partial charge in [-0.15, -0.1) is 12.4 Å². The van der Waals surface area contributed by atoms with Gasteiger partial charge in [0.05, 0.1) is 0 Å². The van der Waals surface area contributed by atoms with E-state index in [1.54, 1.807) is 12.1 Å². The van der Waals surface area contributed by atoms with Crippen LogP contribution in [0.4, 0.5) is 4.39 Å². The summed E-state index contributed by atoms with van der Waals surface area (Å²) in [4.78, 5) is 0. The van der Waals surface area contributed by atoms with Gasteiger partial charge in [-0.1, -0.05) is 24.1 Å². The summed E-state index contributed by atoms with van der Waals surface area (Å²) in [7, 11) is 0. The molecular formula is C11H17Cl2FN2. The number of rotatable bonds is 5. The monoisotopic (exact) mass is 266 g/mol. The van der Waals surface area contributed by atoms with Crippen LogP contribution in [0.3, 0.4) is 0 Å². The summed E-state index contributed by atoms with van der Waals surface area (Å²) in [6.45, 7) is 0.637. The van der Waals surface area contributed by atoms with E-state index in [9.17, 15) is 4.39 Å². The standard InChI is InChI=1S/C11H16ClFN2.ClH/c12-8-4-3-5-9(13)11(8)10(15)6-1-2-7-14;/h3-5,10H,1-2,6-7,14-15H2;1H/t10-;/m0./s1. The molecule has 0 heterocycles. The lowest BCUT2D eigenvalue weighted by atomic mass is 10.0. The van der Waals surface area contributed by atoms with Gasteiger partial charge in [0, 0.05) is 16.6 Å². The van der Waals surface area contributed by atoms with E-state index >= 15 is 0 Å². The lowest BCUT2D eigenvalue weighted by Crippen LogP contribution is -2.13. The second-order valence-electron chi connectivity index (χ2n) is 3.53. The van der Waals surface area contributed by atoms with Crippen molar-refractivity contribution in [1.29, 1.82) is 0 Å². The van der Waals surface area contributed by atoms with Gasteiger partial charge in [0.25, 0.3) is 0 Å². The number of halogens is 3. The summed E-state index contributed by atoms with van der Waals surface area (Å²) in [6, 6.07) is 4.27. The summed E-state index contributed by atoms with van der Waals surface area (Å²) in [5.74, 6) is -0.331. The minimum absolute atomic E-state index is 0. The Hall–Kier alpha value is -0.350. The molecule has 5 heteroatoms. The van der Waals surface area contributed by atoms with Crippen molar-refractivity contribution in [3.8, 4) is 0 Å². The van der Waals surface area contributed by atoms with Crippen LogP contribution in [0, 0.1) is 5.82 Å². The van der Waals surface area contributed by atoms with Crippen LogP contribution in [0.2, 0.25) is 5.02 Å². The first kappa shape index (κ1) is 15.7. The first-order valence-electron chi connectivity index (χ1n) is 5.06. The zero-order valence-corrected chi connectivity index (χ0v) is 10.5. The molecule has 0 fully saturated rings. The Morgan fingerprint density at radius 2 is 2.00 bits per heavy atom. The molecule has 0 saturated heterocycles. The van der Waals surface area contributed by atoms with Gasteiger partial charge in [0.15, 0.2) is 0 Å². The van der Waals surface area contributed by atoms with Gasteiger partial charge in [0.2, 0.25) is 0 Å². The Bertz CT molecular complexity index is 301. The van der Waals surface area contributed by atoms with Gasteiger partial charge in [-0.25, -0.2) is 4.39 Å². The molecule has 1 atom stereocenters. The molecule has 0 bridgehead atoms. The van der Waals surface area contributed by atoms with Gasteiger partial charge in [-0.05, 0) is 31.5 Å². The van der Waals surface area contributed by atoms with Gasteiger partial charge in [0.1, 0.15) is 5.82 Å². The molecule has 1 aromatic carbocycles. The smallest absolute Gasteiger partial charge is 0.129 e. The number of benzene rings is 1.